The van der Waals surface area contributed by atoms with Crippen LogP contribution in [0.4, 0.5) is 0 Å². The molecular formula is C23H24O. The van der Waals surface area contributed by atoms with Crippen LogP contribution >= 0.6 is 0 Å². The fourth-order valence-corrected chi connectivity index (χ4v) is 8.45. The van der Waals surface area contributed by atoms with Gasteiger partial charge in [-0.05, 0) is 43.9 Å². The number of hydrogen-bond acceptors (Lipinski definition) is 1. The van der Waals surface area contributed by atoms with Gasteiger partial charge in [0.2, 0.25) is 0 Å². The highest BCUT2D eigenvalue weighted by Crippen LogP contribution is 2.86. The van der Waals surface area contributed by atoms with Gasteiger partial charge in [0.1, 0.15) is 11.2 Å². The molecule has 0 aromatic rings. The topological polar surface area (TPSA) is 12.5 Å². The minimum atomic E-state index is 0.140. The fraction of sp³-hybridized carbons (Fsp3) is 0.565. The summed E-state index contributed by atoms with van der Waals surface area (Å²) in [6, 6.07) is 0. The third kappa shape index (κ3) is 1.02. The molecule has 2 fully saturated rings. The van der Waals surface area contributed by atoms with Gasteiger partial charge in [-0.25, -0.2) is 0 Å². The Morgan fingerprint density at radius 2 is 1.17 bits per heavy atom. The minimum absolute atomic E-state index is 0.140. The van der Waals surface area contributed by atoms with Crippen LogP contribution in [0.2, 0.25) is 0 Å². The zero-order chi connectivity index (χ0) is 15.7. The normalized spacial score (nSPS) is 54.6. The molecule has 0 aromatic carbocycles. The predicted octanol–water partition coefficient (Wildman–Crippen LogP) is 5.03. The van der Waals surface area contributed by atoms with Crippen LogP contribution in [0.1, 0.15) is 45.4 Å². The Balaban J connectivity index is 1.54. The molecule has 1 aliphatic heterocycles. The van der Waals surface area contributed by atoms with E-state index in [1.807, 2.05) is 0 Å². The molecule has 7 rings (SSSR count). The molecule has 0 amide bonds. The number of allylic oxidation sites excluding steroid dienone is 6. The van der Waals surface area contributed by atoms with E-state index in [2.05, 4.69) is 43.4 Å². The first-order valence-electron chi connectivity index (χ1n) is 9.83. The smallest absolute Gasteiger partial charge is 0.109 e. The van der Waals surface area contributed by atoms with Gasteiger partial charge in [-0.15, -0.1) is 0 Å². The Bertz CT molecular complexity index is 785. The van der Waals surface area contributed by atoms with Crippen molar-refractivity contribution in [1.29, 1.82) is 0 Å². The first kappa shape index (κ1) is 12.9. The molecule has 6 aliphatic carbocycles. The van der Waals surface area contributed by atoms with Crippen LogP contribution in [-0.4, -0.2) is 11.2 Å². The molecule has 0 spiro atoms. The molecular weight excluding hydrogens is 292 g/mol. The second kappa shape index (κ2) is 3.60. The molecule has 1 nitrogen and oxygen atoms in total. The molecule has 4 unspecified atom stereocenters. The van der Waals surface area contributed by atoms with Crippen molar-refractivity contribution in [3.63, 3.8) is 0 Å². The lowest BCUT2D eigenvalue weighted by molar-refractivity contribution is 0.0378. The van der Waals surface area contributed by atoms with Crippen LogP contribution in [0.15, 0.2) is 58.7 Å². The van der Waals surface area contributed by atoms with E-state index in [9.17, 15) is 0 Å². The molecule has 1 heteroatoms. The van der Waals surface area contributed by atoms with Crippen LogP contribution in [0, 0.1) is 23.2 Å². The maximum absolute atomic E-state index is 6.82. The Morgan fingerprint density at radius 1 is 0.708 bits per heavy atom. The fourth-order valence-electron chi connectivity index (χ4n) is 8.45. The third-order valence-electron chi connectivity index (χ3n) is 8.75. The van der Waals surface area contributed by atoms with Gasteiger partial charge < -0.3 is 4.74 Å². The SMILES string of the molecule is CC12C3C4=C(CC=CC4)C1[C@@]14CC=CC[C@@]1(O4)C2C1=C3CC=CC1. The van der Waals surface area contributed by atoms with Crippen molar-refractivity contribution in [1.82, 2.24) is 0 Å². The van der Waals surface area contributed by atoms with Gasteiger partial charge in [-0.3, -0.25) is 0 Å². The molecule has 0 aromatic heterocycles. The van der Waals surface area contributed by atoms with E-state index in [4.69, 9.17) is 4.74 Å². The van der Waals surface area contributed by atoms with Gasteiger partial charge in [-0.2, -0.15) is 0 Å². The predicted molar refractivity (Wildman–Crippen MR) is 94.3 cm³/mol. The largest absolute Gasteiger partial charge is 0.360 e. The number of fused-ring (bicyclic) bond motifs is 4. The van der Waals surface area contributed by atoms with Gasteiger partial charge in [0.15, 0.2) is 0 Å². The molecule has 1 saturated heterocycles. The highest BCUT2D eigenvalue weighted by Gasteiger charge is 2.90. The summed E-state index contributed by atoms with van der Waals surface area (Å²) in [6.45, 7) is 2.65. The second-order valence-corrected chi connectivity index (χ2v) is 9.29. The average molecular weight is 316 g/mol. The molecule has 122 valence electrons. The van der Waals surface area contributed by atoms with Crippen molar-refractivity contribution in [2.75, 3.05) is 0 Å². The van der Waals surface area contributed by atoms with E-state index >= 15 is 0 Å². The lowest BCUT2D eigenvalue weighted by Crippen LogP contribution is -2.37. The first-order chi connectivity index (χ1) is 11.7. The maximum atomic E-state index is 6.82. The lowest BCUT2D eigenvalue weighted by atomic mass is 9.67. The molecule has 0 N–H and O–H groups in total. The summed E-state index contributed by atoms with van der Waals surface area (Å²) < 4.78 is 6.82. The van der Waals surface area contributed by atoms with Crippen molar-refractivity contribution in [3.8, 4) is 0 Å². The monoisotopic (exact) mass is 316 g/mol. The van der Waals surface area contributed by atoms with Crippen LogP contribution in [-0.2, 0) is 4.74 Å². The number of ether oxygens (including phenoxy) is 1. The number of epoxide rings is 1. The van der Waals surface area contributed by atoms with E-state index in [1.54, 1.807) is 22.3 Å². The van der Waals surface area contributed by atoms with E-state index in [0.717, 1.165) is 18.8 Å². The van der Waals surface area contributed by atoms with E-state index in [0.29, 0.717) is 17.3 Å². The van der Waals surface area contributed by atoms with E-state index in [-0.39, 0.29) is 11.2 Å². The molecule has 7 aliphatic rings. The molecule has 1 saturated carbocycles. The van der Waals surface area contributed by atoms with Gasteiger partial charge in [0.25, 0.3) is 0 Å². The van der Waals surface area contributed by atoms with Gasteiger partial charge in [0, 0.05) is 17.8 Å². The van der Waals surface area contributed by atoms with Gasteiger partial charge in [0.05, 0.1) is 0 Å². The van der Waals surface area contributed by atoms with Crippen molar-refractivity contribution in [3.05, 3.63) is 58.7 Å². The Kier molecular flexibility index (Phi) is 1.94. The van der Waals surface area contributed by atoms with Gasteiger partial charge in [-0.1, -0.05) is 65.7 Å². The third-order valence-corrected chi connectivity index (χ3v) is 8.75. The highest BCUT2D eigenvalue weighted by molar-refractivity contribution is 5.60. The first-order valence-corrected chi connectivity index (χ1v) is 9.83. The maximum Gasteiger partial charge on any atom is 0.109 e. The Hall–Kier alpha value is -1.34. The standard InChI is InChI=1S/C23H24O/c1-21-18-14-8-2-4-10-16(14)19(21)22-12-6-7-13-23(22,24-22)20(21)17-11-5-3-9-15(17)18/h2-7,18-20H,8-13H2,1H3/t18?,19?,20?,21?,22-,23+. The summed E-state index contributed by atoms with van der Waals surface area (Å²) in [6.07, 6.45) is 21.6. The average Bonchev–Trinajstić information content (AvgIpc) is 2.98. The second-order valence-electron chi connectivity index (χ2n) is 9.29. The van der Waals surface area contributed by atoms with Crippen LogP contribution in [0.5, 0.6) is 0 Å². The Labute approximate surface area is 143 Å². The molecule has 6 atom stereocenters. The quantitative estimate of drug-likeness (QED) is 0.451. The highest BCUT2D eigenvalue weighted by atomic mass is 16.6. The van der Waals surface area contributed by atoms with Crippen molar-refractivity contribution in [2.45, 2.75) is 56.7 Å². The summed E-state index contributed by atoms with van der Waals surface area (Å²) in [5, 5.41) is 0. The molecule has 0 bridgehead atoms. The van der Waals surface area contributed by atoms with Crippen LogP contribution in [0.3, 0.4) is 0 Å². The van der Waals surface area contributed by atoms with Crippen LogP contribution in [0.25, 0.3) is 0 Å². The summed E-state index contributed by atoms with van der Waals surface area (Å²) in [7, 11) is 0. The number of rotatable bonds is 0. The molecule has 24 heavy (non-hydrogen) atoms. The summed E-state index contributed by atoms with van der Waals surface area (Å²) in [5.74, 6) is 2.04. The van der Waals surface area contributed by atoms with Crippen molar-refractivity contribution < 1.29 is 4.74 Å². The summed E-state index contributed by atoms with van der Waals surface area (Å²) >= 11 is 0. The van der Waals surface area contributed by atoms with E-state index < -0.39 is 0 Å². The summed E-state index contributed by atoms with van der Waals surface area (Å²) in [4.78, 5) is 0. The number of hydrogen-bond donors (Lipinski definition) is 0. The zero-order valence-electron chi connectivity index (χ0n) is 14.3. The molecule has 0 radical (unpaired) electrons. The minimum Gasteiger partial charge on any atom is -0.360 e. The zero-order valence-corrected chi connectivity index (χ0v) is 14.3. The van der Waals surface area contributed by atoms with Crippen molar-refractivity contribution in [2.24, 2.45) is 23.2 Å². The van der Waals surface area contributed by atoms with Crippen LogP contribution < -0.4 is 0 Å². The van der Waals surface area contributed by atoms with E-state index in [1.165, 1.54) is 25.7 Å². The molecule has 1 heterocycles. The van der Waals surface area contributed by atoms with Crippen molar-refractivity contribution >= 4 is 0 Å². The summed E-state index contributed by atoms with van der Waals surface area (Å²) in [5.41, 5.74) is 7.84. The lowest BCUT2D eigenvalue weighted by Gasteiger charge is -2.38. The van der Waals surface area contributed by atoms with Gasteiger partial charge >= 0.3 is 0 Å². The Morgan fingerprint density at radius 3 is 1.67 bits per heavy atom.